The predicted octanol–water partition coefficient (Wildman–Crippen LogP) is 1.59. The Bertz CT molecular complexity index is 1000. The summed E-state index contributed by atoms with van der Waals surface area (Å²) in [5, 5.41) is 28.2. The van der Waals surface area contributed by atoms with E-state index in [1.54, 1.807) is 13.2 Å². The normalized spacial score (nSPS) is 10.6. The molecule has 11 nitrogen and oxygen atoms in total. The Morgan fingerprint density at radius 1 is 1.07 bits per heavy atom. The van der Waals surface area contributed by atoms with Gasteiger partial charge in [-0.05, 0) is 45.5 Å². The van der Waals surface area contributed by atoms with Crippen LogP contribution in [0.3, 0.4) is 0 Å². The Morgan fingerprint density at radius 2 is 1.96 bits per heavy atom. The number of hydrogen-bond donors (Lipinski definition) is 2. The van der Waals surface area contributed by atoms with Crippen LogP contribution in [0.1, 0.15) is 5.56 Å². The second kappa shape index (κ2) is 7.47. The van der Waals surface area contributed by atoms with E-state index in [-0.39, 0.29) is 6.01 Å². The number of nitrogens with zero attached hydrogens (tertiary/aromatic N) is 7. The van der Waals surface area contributed by atoms with E-state index in [4.69, 9.17) is 9.47 Å². The van der Waals surface area contributed by atoms with Crippen molar-refractivity contribution in [2.24, 2.45) is 0 Å². The molecule has 0 aliphatic carbocycles. The van der Waals surface area contributed by atoms with Gasteiger partial charge in [-0.25, -0.2) is 0 Å². The number of benzene rings is 2. The van der Waals surface area contributed by atoms with Crippen LogP contribution in [0.4, 0.5) is 5.95 Å². The molecule has 0 aliphatic rings. The molecule has 0 saturated heterocycles. The predicted molar refractivity (Wildman–Crippen MR) is 93.7 cm³/mol. The molecule has 27 heavy (non-hydrogen) atoms. The first-order valence-corrected chi connectivity index (χ1v) is 7.99. The van der Waals surface area contributed by atoms with E-state index in [9.17, 15) is 0 Å². The number of aromatic amines is 1. The van der Waals surface area contributed by atoms with Gasteiger partial charge in [0.15, 0.2) is 11.5 Å². The van der Waals surface area contributed by atoms with Crippen LogP contribution in [0, 0.1) is 0 Å². The maximum atomic E-state index is 5.87. The molecular weight excluding hydrogens is 350 g/mol. The molecule has 4 aromatic rings. The van der Waals surface area contributed by atoms with Gasteiger partial charge in [0.25, 0.3) is 5.95 Å². The highest BCUT2D eigenvalue weighted by Gasteiger charge is 2.14. The summed E-state index contributed by atoms with van der Waals surface area (Å²) < 4.78 is 12.8. The third kappa shape index (κ3) is 3.66. The van der Waals surface area contributed by atoms with E-state index < -0.39 is 0 Å². The van der Waals surface area contributed by atoms with E-state index in [1.165, 1.54) is 4.68 Å². The summed E-state index contributed by atoms with van der Waals surface area (Å²) in [4.78, 5) is 0. The van der Waals surface area contributed by atoms with Crippen LogP contribution < -0.4 is 14.8 Å². The lowest BCUT2D eigenvalue weighted by Gasteiger charge is -2.11. The maximum Gasteiger partial charge on any atom is 0.346 e. The van der Waals surface area contributed by atoms with Crippen molar-refractivity contribution in [2.75, 3.05) is 12.4 Å². The van der Waals surface area contributed by atoms with Crippen LogP contribution in [-0.2, 0) is 6.54 Å². The van der Waals surface area contributed by atoms with Gasteiger partial charge < -0.3 is 14.8 Å². The zero-order valence-corrected chi connectivity index (χ0v) is 14.3. The van der Waals surface area contributed by atoms with Gasteiger partial charge in [-0.1, -0.05) is 34.5 Å². The fourth-order valence-corrected chi connectivity index (χ4v) is 2.40. The zero-order valence-electron chi connectivity index (χ0n) is 14.3. The lowest BCUT2D eigenvalue weighted by atomic mass is 10.2. The maximum absolute atomic E-state index is 5.87. The summed E-state index contributed by atoms with van der Waals surface area (Å²) in [6, 6.07) is 15.2. The lowest BCUT2D eigenvalue weighted by molar-refractivity contribution is 0.363. The highest BCUT2D eigenvalue weighted by atomic mass is 16.5. The van der Waals surface area contributed by atoms with Crippen LogP contribution >= 0.6 is 0 Å². The quantitative estimate of drug-likeness (QED) is 0.501. The first kappa shape index (κ1) is 16.4. The zero-order chi connectivity index (χ0) is 18.5. The smallest absolute Gasteiger partial charge is 0.346 e. The summed E-state index contributed by atoms with van der Waals surface area (Å²) in [7, 11) is 1.57. The number of ether oxygens (including phenoxy) is 2. The third-order valence-electron chi connectivity index (χ3n) is 3.67. The highest BCUT2D eigenvalue weighted by molar-refractivity contribution is 5.45. The van der Waals surface area contributed by atoms with Crippen LogP contribution in [-0.4, -0.2) is 47.9 Å². The molecule has 2 aromatic heterocycles. The number of H-pyrrole nitrogens is 1. The summed E-state index contributed by atoms with van der Waals surface area (Å²) in [6.07, 6.45) is 0. The summed E-state index contributed by atoms with van der Waals surface area (Å²) in [5.41, 5.74) is 1.74. The Hall–Kier alpha value is -4.02. The topological polar surface area (TPSA) is 129 Å². The fourth-order valence-electron chi connectivity index (χ4n) is 2.40. The Kier molecular flexibility index (Phi) is 4.55. The minimum atomic E-state index is 0.233. The summed E-state index contributed by atoms with van der Waals surface area (Å²) in [6.45, 7) is 0.498. The molecule has 0 spiro atoms. The van der Waals surface area contributed by atoms with Gasteiger partial charge in [0.2, 0.25) is 0 Å². The van der Waals surface area contributed by atoms with E-state index in [2.05, 4.69) is 41.5 Å². The van der Waals surface area contributed by atoms with E-state index >= 15 is 0 Å². The van der Waals surface area contributed by atoms with Crippen molar-refractivity contribution < 1.29 is 9.47 Å². The molecule has 11 heteroatoms. The number of nitrogens with one attached hydrogen (secondary N) is 2. The Morgan fingerprint density at radius 3 is 2.74 bits per heavy atom. The number of rotatable bonds is 7. The average molecular weight is 365 g/mol. The molecule has 4 rings (SSSR count). The monoisotopic (exact) mass is 365 g/mol. The van der Waals surface area contributed by atoms with Crippen molar-refractivity contribution in [1.82, 2.24) is 40.8 Å². The van der Waals surface area contributed by atoms with Crippen LogP contribution in [0.2, 0.25) is 0 Å². The molecule has 2 aromatic carbocycles. The molecular formula is C16H15N9O2. The minimum Gasteiger partial charge on any atom is -0.493 e. The van der Waals surface area contributed by atoms with Crippen LogP contribution in [0.15, 0.2) is 48.5 Å². The van der Waals surface area contributed by atoms with E-state index in [0.717, 1.165) is 11.3 Å². The van der Waals surface area contributed by atoms with Gasteiger partial charge in [0, 0.05) is 6.54 Å². The number of aromatic nitrogens is 8. The molecule has 2 N–H and O–H groups in total. The van der Waals surface area contributed by atoms with Crippen LogP contribution in [0.25, 0.3) is 5.69 Å². The highest BCUT2D eigenvalue weighted by Crippen LogP contribution is 2.32. The van der Waals surface area contributed by atoms with Crippen molar-refractivity contribution >= 4 is 5.95 Å². The average Bonchev–Trinajstić information content (AvgIpc) is 3.40. The molecule has 0 amide bonds. The number of para-hydroxylation sites is 1. The molecule has 0 unspecified atom stereocenters. The van der Waals surface area contributed by atoms with Gasteiger partial charge in [-0.3, -0.25) is 0 Å². The van der Waals surface area contributed by atoms with Gasteiger partial charge >= 0.3 is 6.01 Å². The summed E-state index contributed by atoms with van der Waals surface area (Å²) in [5.74, 6) is 1.45. The van der Waals surface area contributed by atoms with E-state index in [0.29, 0.717) is 24.0 Å². The molecule has 136 valence electrons. The minimum absolute atomic E-state index is 0.233. The van der Waals surface area contributed by atoms with Gasteiger partial charge in [0.1, 0.15) is 0 Å². The number of tetrazole rings is 2. The Balaban J connectivity index is 1.53. The fraction of sp³-hybridized carbons (Fsp3) is 0.125. The second-order valence-corrected chi connectivity index (χ2v) is 5.39. The third-order valence-corrected chi connectivity index (χ3v) is 3.67. The van der Waals surface area contributed by atoms with Gasteiger partial charge in [-0.2, -0.15) is 9.90 Å². The van der Waals surface area contributed by atoms with E-state index in [1.807, 2.05) is 42.5 Å². The molecule has 0 bridgehead atoms. The van der Waals surface area contributed by atoms with Gasteiger partial charge in [-0.15, -0.1) is 5.10 Å². The van der Waals surface area contributed by atoms with Crippen LogP contribution in [0.5, 0.6) is 17.5 Å². The number of anilines is 1. The van der Waals surface area contributed by atoms with Crippen molar-refractivity contribution in [1.29, 1.82) is 0 Å². The molecule has 0 atom stereocenters. The molecule has 0 saturated carbocycles. The largest absolute Gasteiger partial charge is 0.493 e. The molecule has 0 aliphatic heterocycles. The first-order valence-electron chi connectivity index (χ1n) is 7.99. The SMILES string of the molecule is COc1cc(CNc2nn[nH]n2)ccc1Oc1nnnn1-c1ccccc1. The van der Waals surface area contributed by atoms with Crippen molar-refractivity contribution in [3.8, 4) is 23.2 Å². The number of hydrogen-bond acceptors (Lipinski definition) is 9. The number of methoxy groups -OCH3 is 1. The summed E-state index contributed by atoms with van der Waals surface area (Å²) >= 11 is 0. The van der Waals surface area contributed by atoms with Crippen molar-refractivity contribution in [3.05, 3.63) is 54.1 Å². The molecule has 0 radical (unpaired) electrons. The molecule has 2 heterocycles. The second-order valence-electron chi connectivity index (χ2n) is 5.39. The standard InChI is InChI=1S/C16H15N9O2/c1-26-14-9-11(10-17-15-18-21-22-19-15)7-8-13(14)27-16-20-23-24-25(16)12-5-3-2-4-6-12/h2-9H,10H2,1H3,(H2,17,18,19,21,22). The van der Waals surface area contributed by atoms with Crippen molar-refractivity contribution in [3.63, 3.8) is 0 Å². The lowest BCUT2D eigenvalue weighted by Crippen LogP contribution is -2.03. The van der Waals surface area contributed by atoms with Crippen molar-refractivity contribution in [2.45, 2.75) is 6.54 Å². The molecule has 0 fully saturated rings. The first-order chi connectivity index (χ1) is 13.3. The Labute approximate surface area is 153 Å². The van der Waals surface area contributed by atoms with Gasteiger partial charge in [0.05, 0.1) is 12.8 Å².